The van der Waals surface area contributed by atoms with E-state index in [2.05, 4.69) is 27.7 Å². The van der Waals surface area contributed by atoms with Gasteiger partial charge in [0, 0.05) is 13.2 Å². The molecule has 0 aliphatic rings. The predicted octanol–water partition coefficient (Wildman–Crippen LogP) is 5.06. The molecule has 0 aromatic carbocycles. The lowest BCUT2D eigenvalue weighted by Gasteiger charge is -2.49. The molecule has 0 bridgehead atoms. The molecule has 4 unspecified atom stereocenters. The fraction of sp³-hybridized carbons (Fsp3) is 1.00. The minimum absolute atomic E-state index is 0.0162. The molecule has 0 fully saturated rings. The van der Waals surface area contributed by atoms with Crippen LogP contribution in [0.3, 0.4) is 0 Å². The molecule has 170 valence electrons. The number of hydrogen-bond donors (Lipinski definition) is 4. The lowest BCUT2D eigenvalue weighted by Crippen LogP contribution is -2.45. The Hall–Kier alpha value is -0.160. The van der Waals surface area contributed by atoms with Crippen molar-refractivity contribution in [2.24, 2.45) is 16.7 Å². The van der Waals surface area contributed by atoms with Crippen LogP contribution in [-0.4, -0.2) is 45.8 Å². The molecular formula is C24H50O4. The quantitative estimate of drug-likeness (QED) is 0.242. The van der Waals surface area contributed by atoms with E-state index in [0.717, 1.165) is 77.0 Å². The highest BCUT2D eigenvalue weighted by Crippen LogP contribution is 2.50. The third-order valence-electron chi connectivity index (χ3n) is 7.32. The van der Waals surface area contributed by atoms with E-state index in [-0.39, 0.29) is 42.2 Å². The Morgan fingerprint density at radius 1 is 0.643 bits per heavy atom. The van der Waals surface area contributed by atoms with Gasteiger partial charge in [-0.1, -0.05) is 66.2 Å². The number of aliphatic hydroxyl groups excluding tert-OH is 4. The lowest BCUT2D eigenvalue weighted by atomic mass is 9.58. The molecule has 0 saturated carbocycles. The molecule has 4 nitrogen and oxygen atoms in total. The molecule has 0 spiro atoms. The first kappa shape index (κ1) is 27.8. The number of hydrogen-bond acceptors (Lipinski definition) is 4. The second-order valence-corrected chi connectivity index (χ2v) is 9.89. The molecular weight excluding hydrogens is 352 g/mol. The van der Waals surface area contributed by atoms with E-state index in [1.54, 1.807) is 0 Å². The number of aliphatic hydroxyl groups is 4. The Balaban J connectivity index is 4.96. The zero-order valence-electron chi connectivity index (χ0n) is 19.4. The normalized spacial score (nSPS) is 17.9. The zero-order chi connectivity index (χ0) is 21.6. The second-order valence-electron chi connectivity index (χ2n) is 9.89. The Kier molecular flexibility index (Phi) is 14.7. The summed E-state index contributed by atoms with van der Waals surface area (Å²) in [6.07, 6.45) is 11.1. The maximum atomic E-state index is 11.2. The summed E-state index contributed by atoms with van der Waals surface area (Å²) in [5, 5.41) is 39.0. The molecule has 0 aliphatic heterocycles. The number of unbranched alkanes of at least 4 members (excludes halogenated alkanes) is 6. The van der Waals surface area contributed by atoms with Crippen molar-refractivity contribution >= 4 is 0 Å². The predicted molar refractivity (Wildman–Crippen MR) is 118 cm³/mol. The van der Waals surface area contributed by atoms with Crippen LogP contribution in [0.1, 0.15) is 112 Å². The molecule has 0 aromatic rings. The minimum atomic E-state index is -0.337. The Morgan fingerprint density at radius 2 is 1.14 bits per heavy atom. The van der Waals surface area contributed by atoms with Gasteiger partial charge < -0.3 is 20.4 Å². The summed E-state index contributed by atoms with van der Waals surface area (Å²) >= 11 is 0. The van der Waals surface area contributed by atoms with E-state index in [4.69, 9.17) is 10.2 Å². The molecule has 0 heterocycles. The van der Waals surface area contributed by atoms with Gasteiger partial charge in [-0.05, 0) is 62.2 Å². The van der Waals surface area contributed by atoms with Gasteiger partial charge in [-0.3, -0.25) is 0 Å². The van der Waals surface area contributed by atoms with Gasteiger partial charge in [-0.25, -0.2) is 0 Å². The van der Waals surface area contributed by atoms with Crippen molar-refractivity contribution in [3.8, 4) is 0 Å². The average molecular weight is 403 g/mol. The molecule has 4 atom stereocenters. The van der Waals surface area contributed by atoms with Crippen LogP contribution in [0.25, 0.3) is 0 Å². The van der Waals surface area contributed by atoms with E-state index in [1.165, 1.54) is 0 Å². The summed E-state index contributed by atoms with van der Waals surface area (Å²) < 4.78 is 0. The van der Waals surface area contributed by atoms with Gasteiger partial charge in [0.05, 0.1) is 12.2 Å². The van der Waals surface area contributed by atoms with Crippen LogP contribution in [0.5, 0.6) is 0 Å². The third kappa shape index (κ3) is 10.0. The van der Waals surface area contributed by atoms with Crippen molar-refractivity contribution in [3.63, 3.8) is 0 Å². The molecule has 0 radical (unpaired) electrons. The van der Waals surface area contributed by atoms with E-state index >= 15 is 0 Å². The maximum absolute atomic E-state index is 11.2. The first-order valence-electron chi connectivity index (χ1n) is 11.7. The van der Waals surface area contributed by atoms with Gasteiger partial charge in [0.2, 0.25) is 0 Å². The van der Waals surface area contributed by atoms with E-state index in [9.17, 15) is 10.2 Å². The summed E-state index contributed by atoms with van der Waals surface area (Å²) in [6.45, 7) is 11.3. The van der Waals surface area contributed by atoms with Crippen LogP contribution in [0.15, 0.2) is 0 Å². The summed E-state index contributed by atoms with van der Waals surface area (Å²) in [7, 11) is 0. The van der Waals surface area contributed by atoms with Crippen molar-refractivity contribution in [2.45, 2.75) is 124 Å². The van der Waals surface area contributed by atoms with E-state index < -0.39 is 0 Å². The Labute approximate surface area is 174 Å². The van der Waals surface area contributed by atoms with Crippen molar-refractivity contribution in [1.29, 1.82) is 0 Å². The second kappa shape index (κ2) is 14.8. The summed E-state index contributed by atoms with van der Waals surface area (Å²) in [5.41, 5.74) is -0.181. The fourth-order valence-corrected chi connectivity index (χ4v) is 4.15. The molecule has 0 amide bonds. The fourth-order valence-electron chi connectivity index (χ4n) is 4.15. The van der Waals surface area contributed by atoms with Gasteiger partial charge >= 0.3 is 0 Å². The summed E-state index contributed by atoms with van der Waals surface area (Å²) in [6, 6.07) is 0. The Bertz CT molecular complexity index is 370. The molecule has 0 aliphatic carbocycles. The number of rotatable bonds is 18. The monoisotopic (exact) mass is 402 g/mol. The highest BCUT2D eigenvalue weighted by molar-refractivity contribution is 4.95. The Morgan fingerprint density at radius 3 is 1.64 bits per heavy atom. The van der Waals surface area contributed by atoms with Crippen molar-refractivity contribution in [2.75, 3.05) is 13.2 Å². The molecule has 28 heavy (non-hydrogen) atoms. The molecule has 4 N–H and O–H groups in total. The standard InChI is InChI=1S/C24H50O4/c1-20(21(2)27)15-17-23(3,4)24(5,16-11-7-9-13-19-26)22(28)14-10-6-8-12-18-25/h20-22,25-28H,6-19H2,1-5H3. The zero-order valence-corrected chi connectivity index (χ0v) is 19.4. The van der Waals surface area contributed by atoms with Crippen molar-refractivity contribution in [3.05, 3.63) is 0 Å². The van der Waals surface area contributed by atoms with Crippen LogP contribution >= 0.6 is 0 Å². The molecule has 0 aromatic heterocycles. The van der Waals surface area contributed by atoms with Crippen LogP contribution in [0, 0.1) is 16.7 Å². The topological polar surface area (TPSA) is 80.9 Å². The maximum Gasteiger partial charge on any atom is 0.0598 e. The van der Waals surface area contributed by atoms with Gasteiger partial charge in [0.1, 0.15) is 0 Å². The SMILES string of the molecule is CC(O)C(C)CCC(C)(C)C(C)(CCCCCCO)C(O)CCCCCCO. The van der Waals surface area contributed by atoms with E-state index in [0.29, 0.717) is 0 Å². The lowest BCUT2D eigenvalue weighted by molar-refractivity contribution is -0.0696. The van der Waals surface area contributed by atoms with Gasteiger partial charge in [0.15, 0.2) is 0 Å². The van der Waals surface area contributed by atoms with Gasteiger partial charge in [-0.2, -0.15) is 0 Å². The highest BCUT2D eigenvalue weighted by Gasteiger charge is 2.45. The third-order valence-corrected chi connectivity index (χ3v) is 7.32. The van der Waals surface area contributed by atoms with Gasteiger partial charge in [-0.15, -0.1) is 0 Å². The van der Waals surface area contributed by atoms with Crippen LogP contribution in [0.4, 0.5) is 0 Å². The smallest absolute Gasteiger partial charge is 0.0598 e. The van der Waals surface area contributed by atoms with Crippen LogP contribution in [-0.2, 0) is 0 Å². The van der Waals surface area contributed by atoms with Crippen LogP contribution < -0.4 is 0 Å². The van der Waals surface area contributed by atoms with E-state index in [1.807, 2.05) is 6.92 Å². The van der Waals surface area contributed by atoms with Gasteiger partial charge in [0.25, 0.3) is 0 Å². The molecule has 0 rings (SSSR count). The average Bonchev–Trinajstić information content (AvgIpc) is 2.65. The molecule has 4 heteroatoms. The van der Waals surface area contributed by atoms with Crippen LogP contribution in [0.2, 0.25) is 0 Å². The molecule has 0 saturated heterocycles. The summed E-state index contributed by atoms with van der Waals surface area (Å²) in [5.74, 6) is 0.267. The first-order valence-corrected chi connectivity index (χ1v) is 11.7. The minimum Gasteiger partial charge on any atom is -0.396 e. The highest BCUT2D eigenvalue weighted by atomic mass is 16.3. The van der Waals surface area contributed by atoms with Crippen molar-refractivity contribution < 1.29 is 20.4 Å². The largest absolute Gasteiger partial charge is 0.396 e. The first-order chi connectivity index (χ1) is 13.1. The van der Waals surface area contributed by atoms with Crippen molar-refractivity contribution in [1.82, 2.24) is 0 Å². The summed E-state index contributed by atoms with van der Waals surface area (Å²) in [4.78, 5) is 0.